The van der Waals surface area contributed by atoms with Crippen molar-refractivity contribution in [2.75, 3.05) is 0 Å². The minimum atomic E-state index is -0.763. The van der Waals surface area contributed by atoms with Crippen LogP contribution in [0.2, 0.25) is 0 Å². The molecule has 1 N–H and O–H groups in total. The molecule has 1 aliphatic heterocycles. The van der Waals surface area contributed by atoms with Crippen molar-refractivity contribution in [3.05, 3.63) is 35.4 Å². The molecule has 0 spiro atoms. The first-order chi connectivity index (χ1) is 9.11. The molecule has 1 amide bonds. The Morgan fingerprint density at radius 3 is 2.68 bits per heavy atom. The van der Waals surface area contributed by atoms with Gasteiger partial charge in [0.2, 0.25) is 0 Å². The third-order valence-electron chi connectivity index (χ3n) is 4.99. The van der Waals surface area contributed by atoms with Gasteiger partial charge in [0.1, 0.15) is 0 Å². The van der Waals surface area contributed by atoms with E-state index in [1.165, 1.54) is 6.42 Å². The van der Waals surface area contributed by atoms with Crippen LogP contribution < -0.4 is 0 Å². The summed E-state index contributed by atoms with van der Waals surface area (Å²) in [5, 5.41) is 10.5. The Hall–Kier alpha value is -1.35. The number of hydrogen-bond acceptors (Lipinski definition) is 2. The molecule has 3 nitrogen and oxygen atoms in total. The van der Waals surface area contributed by atoms with E-state index in [1.807, 2.05) is 24.3 Å². The van der Waals surface area contributed by atoms with Crippen molar-refractivity contribution in [3.8, 4) is 0 Å². The number of amides is 1. The highest BCUT2D eigenvalue weighted by Crippen LogP contribution is 2.40. The highest BCUT2D eigenvalue weighted by atomic mass is 16.3. The molecule has 1 aliphatic carbocycles. The van der Waals surface area contributed by atoms with Crippen LogP contribution in [0.15, 0.2) is 24.3 Å². The van der Waals surface area contributed by atoms with Crippen LogP contribution in [-0.4, -0.2) is 22.0 Å². The van der Waals surface area contributed by atoms with Gasteiger partial charge in [-0.25, -0.2) is 0 Å². The molecule has 0 radical (unpaired) electrons. The van der Waals surface area contributed by atoms with Crippen LogP contribution in [0.1, 0.15) is 55.3 Å². The third kappa shape index (κ3) is 1.88. The number of fused-ring (bicyclic) bond motifs is 1. The lowest BCUT2D eigenvalue weighted by atomic mass is 9.77. The summed E-state index contributed by atoms with van der Waals surface area (Å²) in [6.07, 6.45) is 2.61. The molecular weight excluding hydrogens is 238 g/mol. The number of nitrogens with zero attached hydrogens (tertiary/aromatic N) is 1. The number of aliphatic hydroxyl groups excluding tert-OH is 1. The van der Waals surface area contributed by atoms with E-state index >= 15 is 0 Å². The maximum Gasteiger partial charge on any atom is 0.256 e. The van der Waals surface area contributed by atoms with E-state index in [0.29, 0.717) is 17.4 Å². The fraction of sp³-hybridized carbons (Fsp3) is 0.562. The summed E-state index contributed by atoms with van der Waals surface area (Å²) in [5.74, 6) is 1.05. The Morgan fingerprint density at radius 1 is 1.21 bits per heavy atom. The normalized spacial score (nSPS) is 34.5. The van der Waals surface area contributed by atoms with E-state index in [9.17, 15) is 9.90 Å². The molecule has 3 heteroatoms. The van der Waals surface area contributed by atoms with Crippen molar-refractivity contribution < 1.29 is 9.90 Å². The van der Waals surface area contributed by atoms with Crippen molar-refractivity contribution in [1.82, 2.24) is 4.90 Å². The van der Waals surface area contributed by atoms with Crippen LogP contribution in [0.25, 0.3) is 0 Å². The van der Waals surface area contributed by atoms with Gasteiger partial charge in [0.05, 0.1) is 0 Å². The first kappa shape index (κ1) is 12.7. The number of carbonyl (C=O) groups excluding carboxylic acids is 1. The Balaban J connectivity index is 1.93. The molecule has 19 heavy (non-hydrogen) atoms. The predicted molar refractivity (Wildman–Crippen MR) is 73.5 cm³/mol. The average Bonchev–Trinajstić information content (AvgIpc) is 2.67. The lowest BCUT2D eigenvalue weighted by Gasteiger charge is -2.41. The van der Waals surface area contributed by atoms with E-state index in [-0.39, 0.29) is 11.9 Å². The Kier molecular flexibility index (Phi) is 3.09. The molecule has 4 atom stereocenters. The molecule has 0 bridgehead atoms. The molecule has 1 heterocycles. The summed E-state index contributed by atoms with van der Waals surface area (Å²) in [6, 6.07) is 7.58. The summed E-state index contributed by atoms with van der Waals surface area (Å²) in [4.78, 5) is 14.2. The highest BCUT2D eigenvalue weighted by Gasteiger charge is 2.43. The second-order valence-electron chi connectivity index (χ2n) is 6.01. The fourth-order valence-electron chi connectivity index (χ4n) is 3.60. The summed E-state index contributed by atoms with van der Waals surface area (Å²) in [6.45, 7) is 4.45. The van der Waals surface area contributed by atoms with Crippen LogP contribution in [0, 0.1) is 11.8 Å². The topological polar surface area (TPSA) is 40.5 Å². The van der Waals surface area contributed by atoms with Crippen LogP contribution >= 0.6 is 0 Å². The number of rotatable bonds is 1. The molecular formula is C16H21NO2. The zero-order valence-electron chi connectivity index (χ0n) is 11.5. The van der Waals surface area contributed by atoms with Crippen LogP contribution in [0.3, 0.4) is 0 Å². The van der Waals surface area contributed by atoms with Crippen molar-refractivity contribution in [3.63, 3.8) is 0 Å². The summed E-state index contributed by atoms with van der Waals surface area (Å²) in [5.41, 5.74) is 1.43. The van der Waals surface area contributed by atoms with Crippen molar-refractivity contribution in [2.24, 2.45) is 11.8 Å². The standard InChI is InChI=1S/C16H21NO2/c1-10-6-5-9-14(11(10)2)17-15(18)12-7-3-4-8-13(12)16(17)19/h3-4,7-8,10-11,14-15,18H,5-6,9H2,1-2H3/t10-,11+,14+,15+/m0/s1. The van der Waals surface area contributed by atoms with E-state index in [1.54, 1.807) is 4.90 Å². The Labute approximate surface area is 114 Å². The number of aliphatic hydroxyl groups is 1. The zero-order valence-corrected chi connectivity index (χ0v) is 11.5. The minimum Gasteiger partial charge on any atom is -0.369 e. The monoisotopic (exact) mass is 259 g/mol. The summed E-state index contributed by atoms with van der Waals surface area (Å²) in [7, 11) is 0. The van der Waals surface area contributed by atoms with Gasteiger partial charge < -0.3 is 10.0 Å². The second kappa shape index (κ2) is 4.64. The molecule has 1 fully saturated rings. The first-order valence-electron chi connectivity index (χ1n) is 7.21. The average molecular weight is 259 g/mol. The first-order valence-corrected chi connectivity index (χ1v) is 7.21. The van der Waals surface area contributed by atoms with Crippen LogP contribution in [-0.2, 0) is 0 Å². The highest BCUT2D eigenvalue weighted by molar-refractivity contribution is 5.99. The van der Waals surface area contributed by atoms with Gasteiger partial charge in [0, 0.05) is 17.2 Å². The summed E-state index contributed by atoms with van der Waals surface area (Å²) < 4.78 is 0. The maximum atomic E-state index is 12.5. The van der Waals surface area contributed by atoms with Gasteiger partial charge in [-0.2, -0.15) is 0 Å². The molecule has 1 aromatic carbocycles. The van der Waals surface area contributed by atoms with Gasteiger partial charge in [-0.05, 0) is 24.3 Å². The van der Waals surface area contributed by atoms with Crippen molar-refractivity contribution in [2.45, 2.75) is 45.4 Å². The van der Waals surface area contributed by atoms with E-state index in [2.05, 4.69) is 13.8 Å². The number of carbonyl (C=O) groups is 1. The molecule has 1 aromatic rings. The Bertz CT molecular complexity index is 499. The van der Waals surface area contributed by atoms with E-state index in [4.69, 9.17) is 0 Å². The SMILES string of the molecule is C[C@H]1[C@H](N2C(=O)c3ccccc3[C@H]2O)CCC[C@@H]1C. The molecule has 0 unspecified atom stereocenters. The molecule has 0 saturated heterocycles. The summed E-state index contributed by atoms with van der Waals surface area (Å²) >= 11 is 0. The van der Waals surface area contributed by atoms with Gasteiger partial charge in [-0.3, -0.25) is 4.79 Å². The smallest absolute Gasteiger partial charge is 0.256 e. The van der Waals surface area contributed by atoms with Crippen molar-refractivity contribution >= 4 is 5.91 Å². The minimum absolute atomic E-state index is 0.00551. The van der Waals surface area contributed by atoms with Gasteiger partial charge in [0.15, 0.2) is 6.23 Å². The quantitative estimate of drug-likeness (QED) is 0.842. The van der Waals surface area contributed by atoms with Gasteiger partial charge in [-0.1, -0.05) is 44.9 Å². The largest absolute Gasteiger partial charge is 0.369 e. The molecule has 0 aromatic heterocycles. The maximum absolute atomic E-state index is 12.5. The van der Waals surface area contributed by atoms with E-state index < -0.39 is 6.23 Å². The van der Waals surface area contributed by atoms with Crippen LogP contribution in [0.5, 0.6) is 0 Å². The second-order valence-corrected chi connectivity index (χ2v) is 6.01. The van der Waals surface area contributed by atoms with Gasteiger partial charge in [0.25, 0.3) is 5.91 Å². The van der Waals surface area contributed by atoms with E-state index in [0.717, 1.165) is 18.4 Å². The molecule has 3 rings (SSSR count). The third-order valence-corrected chi connectivity index (χ3v) is 4.99. The fourth-order valence-corrected chi connectivity index (χ4v) is 3.60. The van der Waals surface area contributed by atoms with Crippen molar-refractivity contribution in [1.29, 1.82) is 0 Å². The molecule has 102 valence electrons. The predicted octanol–water partition coefficient (Wildman–Crippen LogP) is 2.96. The Morgan fingerprint density at radius 2 is 1.95 bits per heavy atom. The number of hydrogen-bond donors (Lipinski definition) is 1. The van der Waals surface area contributed by atoms with Gasteiger partial charge >= 0.3 is 0 Å². The lowest BCUT2D eigenvalue weighted by molar-refractivity contribution is -0.0305. The number of benzene rings is 1. The molecule has 2 aliphatic rings. The lowest BCUT2D eigenvalue weighted by Crippen LogP contribution is -2.46. The van der Waals surface area contributed by atoms with Gasteiger partial charge in [-0.15, -0.1) is 0 Å². The molecule has 1 saturated carbocycles. The van der Waals surface area contributed by atoms with Crippen LogP contribution in [0.4, 0.5) is 0 Å². The zero-order chi connectivity index (χ0) is 13.6.